The minimum atomic E-state index is -0.956. The highest BCUT2D eigenvalue weighted by molar-refractivity contribution is 9.10. The lowest BCUT2D eigenvalue weighted by Crippen LogP contribution is -2.56. The van der Waals surface area contributed by atoms with E-state index in [1.807, 2.05) is 24.3 Å². The van der Waals surface area contributed by atoms with Crippen LogP contribution >= 0.6 is 15.9 Å². The summed E-state index contributed by atoms with van der Waals surface area (Å²) in [6.07, 6.45) is -0.164. The normalized spacial score (nSPS) is 20.6. The van der Waals surface area contributed by atoms with E-state index in [1.165, 1.54) is 0 Å². The van der Waals surface area contributed by atoms with Gasteiger partial charge in [0.25, 0.3) is 0 Å². The second kappa shape index (κ2) is 5.71. The molecule has 1 aromatic rings. The van der Waals surface area contributed by atoms with Crippen LogP contribution in [-0.2, 0) is 9.59 Å². The van der Waals surface area contributed by atoms with Crippen LogP contribution in [0.2, 0.25) is 0 Å². The second-order valence-corrected chi connectivity index (χ2v) is 5.48. The van der Waals surface area contributed by atoms with Crippen LogP contribution in [-0.4, -0.2) is 48.1 Å². The summed E-state index contributed by atoms with van der Waals surface area (Å²) in [7, 11) is 1.78. The van der Waals surface area contributed by atoms with Crippen LogP contribution in [0.15, 0.2) is 28.7 Å². The zero-order valence-electron chi connectivity index (χ0n) is 10.5. The van der Waals surface area contributed by atoms with Crippen molar-refractivity contribution in [2.45, 2.75) is 12.5 Å². The van der Waals surface area contributed by atoms with Crippen LogP contribution in [0.25, 0.3) is 0 Å². The minimum Gasteiger partial charge on any atom is -0.481 e. The molecule has 1 aromatic carbocycles. The Kier molecular flexibility index (Phi) is 4.21. The summed E-state index contributed by atoms with van der Waals surface area (Å²) in [5.41, 5.74) is 0.802. The molecular weight excluding hydrogens is 312 g/mol. The Balaban J connectivity index is 2.20. The molecule has 0 radical (unpaired) electrons. The molecule has 102 valence electrons. The molecule has 0 bridgehead atoms. The molecule has 1 fully saturated rings. The van der Waals surface area contributed by atoms with Crippen molar-refractivity contribution in [2.75, 3.05) is 25.0 Å². The SMILES string of the molecule is CN1CCN(c2ccc(Br)cc2)C(=O)C1CC(=O)O. The summed E-state index contributed by atoms with van der Waals surface area (Å²) in [5.74, 6) is -1.11. The molecule has 0 spiro atoms. The average molecular weight is 327 g/mol. The molecule has 2 rings (SSSR count). The standard InChI is InChI=1S/C13H15BrN2O3/c1-15-6-7-16(10-4-2-9(14)3-5-10)13(19)11(15)8-12(17)18/h2-5,11H,6-8H2,1H3,(H,17,18). The summed E-state index contributed by atoms with van der Waals surface area (Å²) in [6.45, 7) is 1.24. The van der Waals surface area contributed by atoms with E-state index in [2.05, 4.69) is 15.9 Å². The van der Waals surface area contributed by atoms with Crippen molar-refractivity contribution < 1.29 is 14.7 Å². The minimum absolute atomic E-state index is 0.154. The number of hydrogen-bond acceptors (Lipinski definition) is 3. The van der Waals surface area contributed by atoms with Gasteiger partial charge in [-0.2, -0.15) is 0 Å². The summed E-state index contributed by atoms with van der Waals surface area (Å²) < 4.78 is 0.944. The van der Waals surface area contributed by atoms with E-state index in [0.29, 0.717) is 13.1 Å². The number of piperazine rings is 1. The van der Waals surface area contributed by atoms with Crippen molar-refractivity contribution in [3.8, 4) is 0 Å². The zero-order chi connectivity index (χ0) is 14.0. The first kappa shape index (κ1) is 14.0. The summed E-state index contributed by atoms with van der Waals surface area (Å²) >= 11 is 3.35. The fraction of sp³-hybridized carbons (Fsp3) is 0.385. The van der Waals surface area contributed by atoms with Crippen molar-refractivity contribution in [2.24, 2.45) is 0 Å². The molecule has 1 unspecified atom stereocenters. The van der Waals surface area contributed by atoms with Gasteiger partial charge in [-0.05, 0) is 31.3 Å². The van der Waals surface area contributed by atoms with Gasteiger partial charge in [-0.25, -0.2) is 0 Å². The Bertz CT molecular complexity index is 489. The maximum atomic E-state index is 12.4. The molecule has 0 aromatic heterocycles. The molecule has 1 amide bonds. The van der Waals surface area contributed by atoms with E-state index in [1.54, 1.807) is 16.8 Å². The molecular formula is C13H15BrN2O3. The summed E-state index contributed by atoms with van der Waals surface area (Å²) in [6, 6.07) is 6.85. The Morgan fingerprint density at radius 1 is 1.37 bits per heavy atom. The maximum absolute atomic E-state index is 12.4. The third-order valence-corrected chi connectivity index (χ3v) is 3.79. The predicted octanol–water partition coefficient (Wildman–Crippen LogP) is 1.57. The maximum Gasteiger partial charge on any atom is 0.305 e. The lowest BCUT2D eigenvalue weighted by atomic mass is 10.1. The van der Waals surface area contributed by atoms with Crippen LogP contribution in [0.4, 0.5) is 5.69 Å². The number of amides is 1. The van der Waals surface area contributed by atoms with Crippen LogP contribution in [0, 0.1) is 0 Å². The fourth-order valence-electron chi connectivity index (χ4n) is 2.18. The van der Waals surface area contributed by atoms with E-state index in [9.17, 15) is 9.59 Å². The molecule has 0 saturated carbocycles. The van der Waals surface area contributed by atoms with Gasteiger partial charge in [0.15, 0.2) is 0 Å². The van der Waals surface area contributed by atoms with Gasteiger partial charge < -0.3 is 10.0 Å². The number of anilines is 1. The highest BCUT2D eigenvalue weighted by atomic mass is 79.9. The van der Waals surface area contributed by atoms with Gasteiger partial charge in [-0.3, -0.25) is 14.5 Å². The molecule has 1 aliphatic rings. The molecule has 1 N–H and O–H groups in total. The topological polar surface area (TPSA) is 60.9 Å². The van der Waals surface area contributed by atoms with Gasteiger partial charge in [0.05, 0.1) is 6.42 Å². The number of benzene rings is 1. The highest BCUT2D eigenvalue weighted by Gasteiger charge is 2.34. The van der Waals surface area contributed by atoms with Gasteiger partial charge in [0.1, 0.15) is 6.04 Å². The zero-order valence-corrected chi connectivity index (χ0v) is 12.1. The first-order valence-corrected chi connectivity index (χ1v) is 6.77. The Morgan fingerprint density at radius 3 is 2.58 bits per heavy atom. The first-order chi connectivity index (χ1) is 8.99. The Morgan fingerprint density at radius 2 is 2.00 bits per heavy atom. The van der Waals surface area contributed by atoms with E-state index < -0.39 is 12.0 Å². The molecule has 1 heterocycles. The number of carbonyl (C=O) groups excluding carboxylic acids is 1. The lowest BCUT2D eigenvalue weighted by molar-refractivity contribution is -0.141. The van der Waals surface area contributed by atoms with Crippen LogP contribution in [0.3, 0.4) is 0 Å². The van der Waals surface area contributed by atoms with Crippen LogP contribution in [0.5, 0.6) is 0 Å². The number of carbonyl (C=O) groups is 2. The van der Waals surface area contributed by atoms with Crippen LogP contribution < -0.4 is 4.90 Å². The summed E-state index contributed by atoms with van der Waals surface area (Å²) in [5, 5.41) is 8.89. The fourth-order valence-corrected chi connectivity index (χ4v) is 2.44. The lowest BCUT2D eigenvalue weighted by Gasteiger charge is -2.38. The van der Waals surface area contributed by atoms with Gasteiger partial charge in [0.2, 0.25) is 5.91 Å². The highest BCUT2D eigenvalue weighted by Crippen LogP contribution is 2.23. The second-order valence-electron chi connectivity index (χ2n) is 4.56. The van der Waals surface area contributed by atoms with Crippen molar-refractivity contribution in [1.82, 2.24) is 4.90 Å². The van der Waals surface area contributed by atoms with Crippen molar-refractivity contribution >= 4 is 33.5 Å². The van der Waals surface area contributed by atoms with Crippen molar-refractivity contribution in [1.29, 1.82) is 0 Å². The molecule has 6 heteroatoms. The number of likely N-dealkylation sites (N-methyl/N-ethyl adjacent to an activating group) is 1. The van der Waals surface area contributed by atoms with E-state index in [4.69, 9.17) is 5.11 Å². The van der Waals surface area contributed by atoms with Crippen LogP contribution in [0.1, 0.15) is 6.42 Å². The molecule has 1 saturated heterocycles. The monoisotopic (exact) mass is 326 g/mol. The predicted molar refractivity (Wildman–Crippen MR) is 75.2 cm³/mol. The van der Waals surface area contributed by atoms with Crippen molar-refractivity contribution in [3.05, 3.63) is 28.7 Å². The number of carboxylic acids is 1. The number of halogens is 1. The average Bonchev–Trinajstić information content (AvgIpc) is 2.36. The molecule has 1 atom stereocenters. The number of carboxylic acid groups (broad SMARTS) is 1. The Labute approximate surface area is 119 Å². The number of hydrogen-bond donors (Lipinski definition) is 1. The molecule has 19 heavy (non-hydrogen) atoms. The van der Waals surface area contributed by atoms with Gasteiger partial charge in [-0.15, -0.1) is 0 Å². The largest absolute Gasteiger partial charge is 0.481 e. The third-order valence-electron chi connectivity index (χ3n) is 3.27. The number of aliphatic carboxylic acids is 1. The van der Waals surface area contributed by atoms with E-state index >= 15 is 0 Å². The molecule has 5 nitrogen and oxygen atoms in total. The Hall–Kier alpha value is -1.40. The van der Waals surface area contributed by atoms with Gasteiger partial charge >= 0.3 is 5.97 Å². The third kappa shape index (κ3) is 3.13. The quantitative estimate of drug-likeness (QED) is 0.916. The van der Waals surface area contributed by atoms with Gasteiger partial charge in [0, 0.05) is 23.2 Å². The molecule has 1 aliphatic heterocycles. The smallest absolute Gasteiger partial charge is 0.305 e. The number of rotatable bonds is 3. The molecule has 0 aliphatic carbocycles. The first-order valence-electron chi connectivity index (χ1n) is 5.98. The summed E-state index contributed by atoms with van der Waals surface area (Å²) in [4.78, 5) is 26.7. The van der Waals surface area contributed by atoms with Gasteiger partial charge in [-0.1, -0.05) is 15.9 Å². The number of nitrogens with zero attached hydrogens (tertiary/aromatic N) is 2. The van der Waals surface area contributed by atoms with Crippen molar-refractivity contribution in [3.63, 3.8) is 0 Å². The van der Waals surface area contributed by atoms with E-state index in [0.717, 1.165) is 10.2 Å². The van der Waals surface area contributed by atoms with E-state index in [-0.39, 0.29) is 12.3 Å².